The van der Waals surface area contributed by atoms with E-state index in [1.807, 2.05) is 30.3 Å². The zero-order valence-electron chi connectivity index (χ0n) is 24.0. The number of nitrogens with zero attached hydrogens (tertiary/aromatic N) is 4. The number of carbonyl (C=O) groups excluding carboxylic acids is 1. The Hall–Kier alpha value is -3.71. The molecule has 0 radical (unpaired) electrons. The first-order chi connectivity index (χ1) is 21.4. The molecule has 1 aromatic heterocycles. The number of hydrogen-bond acceptors (Lipinski definition) is 6. The molecule has 0 aliphatic rings. The topological polar surface area (TPSA) is 89.7 Å². The molecule has 1 amide bonds. The zero-order chi connectivity index (χ0) is 32.6. The summed E-state index contributed by atoms with van der Waals surface area (Å²) in [6.07, 6.45) is -1.18. The Labute approximate surface area is 267 Å². The molecule has 3 aromatic carbocycles. The lowest BCUT2D eigenvalue weighted by Crippen LogP contribution is -2.54. The minimum absolute atomic E-state index is 0.0244. The third kappa shape index (κ3) is 8.72. The Morgan fingerprint density at radius 1 is 1.07 bits per heavy atom. The molecule has 0 fully saturated rings. The van der Waals surface area contributed by atoms with Gasteiger partial charge in [-0.2, -0.15) is 13.9 Å². The van der Waals surface area contributed by atoms with E-state index in [1.54, 1.807) is 19.1 Å². The second kappa shape index (κ2) is 15.0. The minimum Gasteiger partial charge on any atom is -0.487 e. The standard InChI is InChI=1S/C31H30Cl2F4N4O4/c1-21(30(43,17-40-20-38-19-39-40)26-12-9-24(32)15-27(26)33)41(13-14-44-16-22-5-3-2-4-6-22)28(42)23-7-10-25(11-8-23)45-18-31(36,37)29(34)35/h2-12,15,19-21,29,43H,13-14,16-18H2,1H3. The summed E-state index contributed by atoms with van der Waals surface area (Å²) >= 11 is 12.7. The van der Waals surface area contributed by atoms with Crippen molar-refractivity contribution in [2.75, 3.05) is 19.8 Å². The molecule has 2 unspecified atom stereocenters. The van der Waals surface area contributed by atoms with Crippen molar-refractivity contribution in [3.8, 4) is 5.75 Å². The average Bonchev–Trinajstić information content (AvgIpc) is 3.53. The van der Waals surface area contributed by atoms with E-state index in [2.05, 4.69) is 10.1 Å². The Bertz CT molecular complexity index is 1530. The SMILES string of the molecule is CC(N(CCOCc1ccccc1)C(=O)c1ccc(OCC(F)(F)C(F)F)cc1)C(O)(Cn1cncn1)c1ccc(Cl)cc1Cl. The van der Waals surface area contributed by atoms with Crippen molar-refractivity contribution >= 4 is 29.1 Å². The molecule has 2 atom stereocenters. The van der Waals surface area contributed by atoms with Gasteiger partial charge in [0.1, 0.15) is 24.0 Å². The monoisotopic (exact) mass is 668 g/mol. The Balaban J connectivity index is 1.63. The summed E-state index contributed by atoms with van der Waals surface area (Å²) in [4.78, 5) is 19.3. The van der Waals surface area contributed by atoms with Gasteiger partial charge in [0.05, 0.1) is 25.8 Å². The number of amides is 1. The van der Waals surface area contributed by atoms with Crippen LogP contribution >= 0.6 is 23.2 Å². The van der Waals surface area contributed by atoms with Crippen molar-refractivity contribution in [1.29, 1.82) is 0 Å². The molecule has 4 rings (SSSR count). The lowest BCUT2D eigenvalue weighted by Gasteiger charge is -2.41. The summed E-state index contributed by atoms with van der Waals surface area (Å²) in [5.74, 6) is -5.01. The molecule has 0 saturated carbocycles. The number of carbonyl (C=O) groups is 1. The fourth-order valence-corrected chi connectivity index (χ4v) is 5.17. The fraction of sp³-hybridized carbons (Fsp3) is 0.323. The van der Waals surface area contributed by atoms with E-state index in [1.165, 1.54) is 52.6 Å². The van der Waals surface area contributed by atoms with Crippen LogP contribution in [0.15, 0.2) is 85.5 Å². The third-order valence-corrected chi connectivity index (χ3v) is 7.67. The van der Waals surface area contributed by atoms with Gasteiger partial charge in [-0.1, -0.05) is 59.6 Å². The van der Waals surface area contributed by atoms with Crippen LogP contribution in [-0.4, -0.2) is 68.8 Å². The van der Waals surface area contributed by atoms with Gasteiger partial charge in [0.15, 0.2) is 6.61 Å². The highest BCUT2D eigenvalue weighted by atomic mass is 35.5. The molecular formula is C31H30Cl2F4N4O4. The smallest absolute Gasteiger partial charge is 0.340 e. The number of aromatic nitrogens is 3. The van der Waals surface area contributed by atoms with Crippen LogP contribution in [0.4, 0.5) is 17.6 Å². The van der Waals surface area contributed by atoms with E-state index in [0.29, 0.717) is 5.02 Å². The molecule has 1 N–H and O–H groups in total. The predicted molar refractivity (Wildman–Crippen MR) is 160 cm³/mol. The van der Waals surface area contributed by atoms with E-state index in [-0.39, 0.29) is 48.2 Å². The molecule has 0 aliphatic heterocycles. The lowest BCUT2D eigenvalue weighted by atomic mass is 9.85. The summed E-state index contributed by atoms with van der Waals surface area (Å²) in [7, 11) is 0. The van der Waals surface area contributed by atoms with Crippen LogP contribution in [0.5, 0.6) is 5.75 Å². The molecular weight excluding hydrogens is 639 g/mol. The van der Waals surface area contributed by atoms with Crippen LogP contribution in [-0.2, 0) is 23.5 Å². The van der Waals surface area contributed by atoms with Crippen molar-refractivity contribution in [3.05, 3.63) is 112 Å². The first-order valence-corrected chi connectivity index (χ1v) is 14.5. The highest BCUT2D eigenvalue weighted by molar-refractivity contribution is 6.35. The van der Waals surface area contributed by atoms with Crippen LogP contribution in [0.25, 0.3) is 0 Å². The predicted octanol–water partition coefficient (Wildman–Crippen LogP) is 6.50. The molecule has 0 saturated heterocycles. The van der Waals surface area contributed by atoms with Crippen LogP contribution < -0.4 is 4.74 Å². The van der Waals surface area contributed by atoms with Crippen LogP contribution in [0.1, 0.15) is 28.4 Å². The van der Waals surface area contributed by atoms with E-state index in [4.69, 9.17) is 32.7 Å². The second-order valence-corrected chi connectivity index (χ2v) is 11.1. The minimum atomic E-state index is -4.34. The third-order valence-electron chi connectivity index (χ3n) is 7.13. The van der Waals surface area contributed by atoms with Crippen LogP contribution in [0.3, 0.4) is 0 Å². The molecule has 4 aromatic rings. The van der Waals surface area contributed by atoms with Crippen LogP contribution in [0.2, 0.25) is 10.0 Å². The summed E-state index contributed by atoms with van der Waals surface area (Å²) in [6, 6.07) is 18.1. The number of halogens is 6. The zero-order valence-corrected chi connectivity index (χ0v) is 25.5. The molecule has 14 heteroatoms. The van der Waals surface area contributed by atoms with Crippen molar-refractivity contribution in [2.45, 2.75) is 44.1 Å². The maximum absolute atomic E-state index is 14.0. The van der Waals surface area contributed by atoms with Gasteiger partial charge in [0.2, 0.25) is 0 Å². The van der Waals surface area contributed by atoms with E-state index in [9.17, 15) is 27.5 Å². The van der Waals surface area contributed by atoms with E-state index >= 15 is 0 Å². The number of ether oxygens (including phenoxy) is 2. The normalized spacial score (nSPS) is 13.8. The molecule has 8 nitrogen and oxygen atoms in total. The largest absolute Gasteiger partial charge is 0.487 e. The molecule has 1 heterocycles. The van der Waals surface area contributed by atoms with Gasteiger partial charge in [0, 0.05) is 27.7 Å². The number of benzene rings is 3. The summed E-state index contributed by atoms with van der Waals surface area (Å²) in [5.41, 5.74) is -0.507. The quantitative estimate of drug-likeness (QED) is 0.115. The van der Waals surface area contributed by atoms with Gasteiger partial charge in [-0.3, -0.25) is 4.79 Å². The van der Waals surface area contributed by atoms with Crippen LogP contribution in [0, 0.1) is 0 Å². The molecule has 0 aliphatic carbocycles. The van der Waals surface area contributed by atoms with Gasteiger partial charge in [0.25, 0.3) is 5.91 Å². The van der Waals surface area contributed by atoms with Gasteiger partial charge >= 0.3 is 12.3 Å². The highest BCUT2D eigenvalue weighted by Crippen LogP contribution is 2.37. The maximum Gasteiger partial charge on any atom is 0.340 e. The summed E-state index contributed by atoms with van der Waals surface area (Å²) < 4.78 is 63.8. The van der Waals surface area contributed by atoms with E-state index < -0.39 is 36.5 Å². The number of aliphatic hydroxyl groups is 1. The molecule has 45 heavy (non-hydrogen) atoms. The Kier molecular flexibility index (Phi) is 11.4. The molecule has 0 bridgehead atoms. The Morgan fingerprint density at radius 2 is 1.78 bits per heavy atom. The van der Waals surface area contributed by atoms with Gasteiger partial charge in [-0.15, -0.1) is 0 Å². The maximum atomic E-state index is 14.0. The van der Waals surface area contributed by atoms with Crippen molar-refractivity contribution in [1.82, 2.24) is 19.7 Å². The molecule has 240 valence electrons. The van der Waals surface area contributed by atoms with Crippen molar-refractivity contribution < 1.29 is 36.9 Å². The highest BCUT2D eigenvalue weighted by Gasteiger charge is 2.44. The number of hydrogen-bond donors (Lipinski definition) is 1. The number of alkyl halides is 4. The van der Waals surface area contributed by atoms with Gasteiger partial charge in [-0.25, -0.2) is 18.4 Å². The fourth-order valence-electron chi connectivity index (χ4n) is 4.60. The average molecular weight is 670 g/mol. The second-order valence-electron chi connectivity index (χ2n) is 10.2. The Morgan fingerprint density at radius 3 is 2.40 bits per heavy atom. The van der Waals surface area contributed by atoms with Gasteiger partial charge < -0.3 is 19.5 Å². The first kappa shape index (κ1) is 34.2. The number of rotatable bonds is 15. The lowest BCUT2D eigenvalue weighted by molar-refractivity contribution is -0.148. The van der Waals surface area contributed by atoms with E-state index in [0.717, 1.165) is 5.56 Å². The van der Waals surface area contributed by atoms with Crippen molar-refractivity contribution in [2.24, 2.45) is 0 Å². The summed E-state index contributed by atoms with van der Waals surface area (Å²) in [6.45, 7) is 0.352. The van der Waals surface area contributed by atoms with Crippen molar-refractivity contribution in [3.63, 3.8) is 0 Å². The molecule has 0 spiro atoms. The first-order valence-electron chi connectivity index (χ1n) is 13.7. The van der Waals surface area contributed by atoms with Gasteiger partial charge in [-0.05, 0) is 48.9 Å². The summed E-state index contributed by atoms with van der Waals surface area (Å²) in [5, 5.41) is 16.9.